The molecule has 1 saturated heterocycles. The number of benzene rings is 2. The van der Waals surface area contributed by atoms with Crippen molar-refractivity contribution in [3.05, 3.63) is 59.7 Å². The van der Waals surface area contributed by atoms with Gasteiger partial charge in [-0.3, -0.25) is 0 Å². The first-order valence-electron chi connectivity index (χ1n) is 9.59. The van der Waals surface area contributed by atoms with Crippen molar-refractivity contribution < 1.29 is 23.7 Å². The Labute approximate surface area is 172 Å². The summed E-state index contributed by atoms with van der Waals surface area (Å²) in [4.78, 5) is 0. The van der Waals surface area contributed by atoms with Gasteiger partial charge in [0, 0.05) is 5.92 Å². The first kappa shape index (κ1) is 20.8. The quantitative estimate of drug-likeness (QED) is 0.638. The normalized spacial score (nSPS) is 19.0. The SMILES string of the molecule is COc1ccc(C=CC2COC(C=Cc3ccc(OC)c(OC)c3)C2)cc1OC. The summed E-state index contributed by atoms with van der Waals surface area (Å²) in [6.07, 6.45) is 9.52. The van der Waals surface area contributed by atoms with Crippen LogP contribution in [0.1, 0.15) is 17.5 Å². The van der Waals surface area contributed by atoms with E-state index in [1.165, 1.54) is 0 Å². The molecule has 154 valence electrons. The van der Waals surface area contributed by atoms with Crippen LogP contribution in [0.2, 0.25) is 0 Å². The first-order valence-corrected chi connectivity index (χ1v) is 9.59. The summed E-state index contributed by atoms with van der Waals surface area (Å²) in [5.41, 5.74) is 2.13. The fraction of sp³-hybridized carbons (Fsp3) is 0.333. The molecule has 0 bridgehead atoms. The number of methoxy groups -OCH3 is 4. The number of hydrogen-bond acceptors (Lipinski definition) is 5. The largest absolute Gasteiger partial charge is 0.493 e. The van der Waals surface area contributed by atoms with Crippen molar-refractivity contribution in [2.24, 2.45) is 5.92 Å². The van der Waals surface area contributed by atoms with Gasteiger partial charge in [0.05, 0.1) is 41.2 Å². The van der Waals surface area contributed by atoms with Gasteiger partial charge < -0.3 is 23.7 Å². The number of rotatable bonds is 8. The lowest BCUT2D eigenvalue weighted by molar-refractivity contribution is 0.142. The smallest absolute Gasteiger partial charge is 0.161 e. The molecule has 0 N–H and O–H groups in total. The van der Waals surface area contributed by atoms with E-state index in [1.807, 2.05) is 36.4 Å². The lowest BCUT2D eigenvalue weighted by Crippen LogP contribution is -1.99. The highest BCUT2D eigenvalue weighted by Gasteiger charge is 2.21. The van der Waals surface area contributed by atoms with Gasteiger partial charge in [-0.15, -0.1) is 0 Å². The summed E-state index contributed by atoms with van der Waals surface area (Å²) in [5.74, 6) is 3.28. The molecule has 29 heavy (non-hydrogen) atoms. The van der Waals surface area contributed by atoms with Crippen molar-refractivity contribution in [2.45, 2.75) is 12.5 Å². The summed E-state index contributed by atoms with van der Waals surface area (Å²) in [5, 5.41) is 0. The van der Waals surface area contributed by atoms with E-state index in [0.717, 1.165) is 40.5 Å². The minimum atomic E-state index is 0.100. The molecule has 2 aromatic rings. The zero-order chi connectivity index (χ0) is 20.6. The highest BCUT2D eigenvalue weighted by molar-refractivity contribution is 5.57. The first-order chi connectivity index (χ1) is 14.2. The van der Waals surface area contributed by atoms with E-state index in [0.29, 0.717) is 12.5 Å². The topological polar surface area (TPSA) is 46.2 Å². The summed E-state index contributed by atoms with van der Waals surface area (Å²) >= 11 is 0. The minimum absolute atomic E-state index is 0.100. The zero-order valence-electron chi connectivity index (χ0n) is 17.4. The number of hydrogen-bond donors (Lipinski definition) is 0. The van der Waals surface area contributed by atoms with Crippen LogP contribution in [-0.2, 0) is 4.74 Å². The fourth-order valence-electron chi connectivity index (χ4n) is 3.33. The van der Waals surface area contributed by atoms with Crippen LogP contribution in [0.5, 0.6) is 23.0 Å². The van der Waals surface area contributed by atoms with Gasteiger partial charge in [0.25, 0.3) is 0 Å². The molecule has 1 aliphatic rings. The molecule has 0 amide bonds. The molecule has 5 nitrogen and oxygen atoms in total. The second kappa shape index (κ2) is 10.0. The summed E-state index contributed by atoms with van der Waals surface area (Å²) in [7, 11) is 6.56. The third-order valence-corrected chi connectivity index (χ3v) is 4.94. The molecule has 5 heteroatoms. The molecule has 3 rings (SSSR count). The maximum absolute atomic E-state index is 5.92. The van der Waals surface area contributed by atoms with Crippen LogP contribution >= 0.6 is 0 Å². The van der Waals surface area contributed by atoms with Crippen molar-refractivity contribution in [3.8, 4) is 23.0 Å². The zero-order valence-corrected chi connectivity index (χ0v) is 17.4. The molecule has 0 spiro atoms. The Morgan fingerprint density at radius 1 is 0.724 bits per heavy atom. The van der Waals surface area contributed by atoms with E-state index in [1.54, 1.807) is 28.4 Å². The maximum atomic E-state index is 5.92. The summed E-state index contributed by atoms with van der Waals surface area (Å²) in [6, 6.07) is 11.8. The van der Waals surface area contributed by atoms with Crippen LogP contribution in [0.15, 0.2) is 48.6 Å². The third kappa shape index (κ3) is 5.33. The summed E-state index contributed by atoms with van der Waals surface area (Å²) < 4.78 is 27.2. The molecule has 0 saturated carbocycles. The van der Waals surface area contributed by atoms with Crippen LogP contribution < -0.4 is 18.9 Å². The molecule has 1 fully saturated rings. The fourth-order valence-corrected chi connectivity index (χ4v) is 3.33. The molecule has 1 heterocycles. The molecule has 0 aromatic heterocycles. The monoisotopic (exact) mass is 396 g/mol. The van der Waals surface area contributed by atoms with Gasteiger partial charge in [-0.25, -0.2) is 0 Å². The predicted molar refractivity (Wildman–Crippen MR) is 115 cm³/mol. The molecule has 0 aliphatic carbocycles. The van der Waals surface area contributed by atoms with Gasteiger partial charge in [-0.05, 0) is 41.8 Å². The van der Waals surface area contributed by atoms with Crippen molar-refractivity contribution in [1.82, 2.24) is 0 Å². The Morgan fingerprint density at radius 2 is 1.24 bits per heavy atom. The molecular formula is C24H28O5. The van der Waals surface area contributed by atoms with Crippen LogP contribution in [-0.4, -0.2) is 41.2 Å². The van der Waals surface area contributed by atoms with Gasteiger partial charge in [0.15, 0.2) is 23.0 Å². The second-order valence-electron chi connectivity index (χ2n) is 6.81. The Balaban J connectivity index is 1.59. The lowest BCUT2D eigenvalue weighted by Gasteiger charge is -2.08. The molecule has 2 atom stereocenters. The van der Waals surface area contributed by atoms with Gasteiger partial charge in [0.2, 0.25) is 0 Å². The van der Waals surface area contributed by atoms with E-state index in [-0.39, 0.29) is 6.10 Å². The van der Waals surface area contributed by atoms with E-state index in [4.69, 9.17) is 23.7 Å². The minimum Gasteiger partial charge on any atom is -0.493 e. The van der Waals surface area contributed by atoms with Crippen molar-refractivity contribution >= 4 is 12.2 Å². The van der Waals surface area contributed by atoms with Crippen molar-refractivity contribution in [2.75, 3.05) is 35.0 Å². The second-order valence-corrected chi connectivity index (χ2v) is 6.81. The Hall–Kier alpha value is -2.92. The van der Waals surface area contributed by atoms with Crippen LogP contribution in [0.25, 0.3) is 12.2 Å². The predicted octanol–water partition coefficient (Wildman–Crippen LogP) is 4.85. The van der Waals surface area contributed by atoms with Crippen LogP contribution in [0, 0.1) is 5.92 Å². The van der Waals surface area contributed by atoms with E-state index >= 15 is 0 Å². The Bertz CT molecular complexity index is 800. The van der Waals surface area contributed by atoms with Gasteiger partial charge in [-0.2, -0.15) is 0 Å². The average Bonchev–Trinajstić information content (AvgIpc) is 3.23. The van der Waals surface area contributed by atoms with Gasteiger partial charge >= 0.3 is 0 Å². The van der Waals surface area contributed by atoms with Gasteiger partial charge in [0.1, 0.15) is 0 Å². The highest BCUT2D eigenvalue weighted by Crippen LogP contribution is 2.30. The van der Waals surface area contributed by atoms with E-state index in [9.17, 15) is 0 Å². The van der Waals surface area contributed by atoms with E-state index in [2.05, 4.69) is 24.3 Å². The molecule has 2 unspecified atom stereocenters. The lowest BCUT2D eigenvalue weighted by atomic mass is 10.0. The highest BCUT2D eigenvalue weighted by atomic mass is 16.5. The van der Waals surface area contributed by atoms with Crippen LogP contribution in [0.4, 0.5) is 0 Å². The van der Waals surface area contributed by atoms with E-state index < -0.39 is 0 Å². The third-order valence-electron chi connectivity index (χ3n) is 4.94. The van der Waals surface area contributed by atoms with Gasteiger partial charge in [-0.1, -0.05) is 36.4 Å². The Morgan fingerprint density at radius 3 is 1.76 bits per heavy atom. The van der Waals surface area contributed by atoms with Crippen molar-refractivity contribution in [1.29, 1.82) is 0 Å². The molecule has 0 radical (unpaired) electrons. The molecule has 2 aromatic carbocycles. The molecular weight excluding hydrogens is 368 g/mol. The standard InChI is InChI=1S/C24H28O5/c1-25-21-11-8-17(14-23(21)27-3)5-6-19-13-20(29-16-19)10-7-18-9-12-22(26-2)24(15-18)28-4/h5-12,14-15,19-20H,13,16H2,1-4H3. The summed E-state index contributed by atoms with van der Waals surface area (Å²) in [6.45, 7) is 0.713. The van der Waals surface area contributed by atoms with Crippen LogP contribution in [0.3, 0.4) is 0 Å². The average molecular weight is 396 g/mol. The maximum Gasteiger partial charge on any atom is 0.161 e. The molecule has 1 aliphatic heterocycles. The Kier molecular flexibility index (Phi) is 7.19. The number of ether oxygens (including phenoxy) is 5. The van der Waals surface area contributed by atoms with Crippen molar-refractivity contribution in [3.63, 3.8) is 0 Å².